The van der Waals surface area contributed by atoms with Crippen molar-refractivity contribution < 1.29 is 4.79 Å². The minimum absolute atomic E-state index is 0.442. The quantitative estimate of drug-likeness (QED) is 0.398. The zero-order chi connectivity index (χ0) is 3.70. The third kappa shape index (κ3) is 0.463. The number of allylic oxidation sites excluding steroid dienone is 1. The fraction of sp³-hybridized carbons (Fsp3) is 0. The zero-order valence-electron chi connectivity index (χ0n) is 2.77. The van der Waals surface area contributed by atoms with Crippen LogP contribution in [0.2, 0.25) is 0 Å². The van der Waals surface area contributed by atoms with Crippen molar-refractivity contribution in [1.29, 1.82) is 0 Å². The molecule has 1 aliphatic heterocycles. The average Bonchev–Trinajstić information content (AvgIpc) is 1.30. The van der Waals surface area contributed by atoms with Crippen LogP contribution in [0.5, 0.6) is 0 Å². The fourth-order valence-corrected chi connectivity index (χ4v) is 1.11. The molecule has 24 valence electrons. The fourth-order valence-electron chi connectivity index (χ4n) is 0.214. The van der Waals surface area contributed by atoms with Crippen LogP contribution in [0.1, 0.15) is 0 Å². The molecule has 0 saturated heterocycles. The van der Waals surface area contributed by atoms with E-state index >= 15 is 0 Å². The van der Waals surface area contributed by atoms with Crippen molar-refractivity contribution in [3.8, 4) is 0 Å². The number of rotatable bonds is 0. The van der Waals surface area contributed by atoms with E-state index in [9.17, 15) is 4.79 Å². The van der Waals surface area contributed by atoms with Crippen LogP contribution in [-0.2, 0) is 4.79 Å². The molecule has 0 bridgehead atoms. The summed E-state index contributed by atoms with van der Waals surface area (Å²) in [5.74, 6) is 0. The Morgan fingerprint density at radius 3 is 2.20 bits per heavy atom. The first kappa shape index (κ1) is 3.24. The molecule has 2 heteroatoms. The van der Waals surface area contributed by atoms with E-state index in [0.717, 1.165) is 0 Å². The summed E-state index contributed by atoms with van der Waals surface area (Å²) in [6.07, 6.45) is 1.67. The molecular weight excluding hydrogens is 122 g/mol. The Morgan fingerprint density at radius 2 is 2.20 bits per heavy atom. The molecule has 0 aromatic rings. The Labute approximate surface area is 37.8 Å². The summed E-state index contributed by atoms with van der Waals surface area (Å²) in [4.78, 5) is 9.90. The summed E-state index contributed by atoms with van der Waals surface area (Å²) in [6, 6.07) is 0. The molecule has 0 unspecified atom stereocenters. The first-order valence-electron chi connectivity index (χ1n) is 1.59. The molecule has 1 nitrogen and oxygen atoms in total. The molecule has 0 atom stereocenters. The van der Waals surface area contributed by atoms with E-state index in [1.165, 1.54) is 0 Å². The van der Waals surface area contributed by atoms with Crippen LogP contribution in [0.25, 0.3) is 0 Å². The minimum atomic E-state index is -0.625. The van der Waals surface area contributed by atoms with Gasteiger partial charge in [0.15, 0.2) is 0 Å². The molecule has 5 heavy (non-hydrogen) atoms. The summed E-state index contributed by atoms with van der Waals surface area (Å²) < 4.78 is 2.48. The Balaban J connectivity index is 2.71. The second kappa shape index (κ2) is 1.03. The van der Waals surface area contributed by atoms with Crippen molar-refractivity contribution in [3.05, 3.63) is 10.7 Å². The van der Waals surface area contributed by atoms with Gasteiger partial charge in [-0.25, -0.2) is 0 Å². The van der Waals surface area contributed by atoms with Crippen LogP contribution in [0.4, 0.5) is 0 Å². The van der Waals surface area contributed by atoms with Crippen molar-refractivity contribution in [2.45, 2.75) is 0 Å². The Hall–Kier alpha value is 0.0464. The number of carbonyl (C=O) groups excluding carboxylic acids is 1. The third-order valence-corrected chi connectivity index (χ3v) is 2.95. The van der Waals surface area contributed by atoms with Gasteiger partial charge in [0.25, 0.3) is 0 Å². The molecule has 0 radical (unpaired) electrons. The van der Waals surface area contributed by atoms with Gasteiger partial charge < -0.3 is 0 Å². The first-order chi connectivity index (χ1) is 2.39. The molecule has 0 aromatic heterocycles. The van der Waals surface area contributed by atoms with Gasteiger partial charge in [0.05, 0.1) is 0 Å². The average molecular weight is 125 g/mol. The van der Waals surface area contributed by atoms with Crippen LogP contribution < -0.4 is 0 Å². The van der Waals surface area contributed by atoms with Gasteiger partial charge in [-0.05, 0) is 0 Å². The second-order valence-corrected chi connectivity index (χ2v) is 4.38. The van der Waals surface area contributed by atoms with Gasteiger partial charge >= 0.3 is 37.2 Å². The van der Waals surface area contributed by atoms with Crippen LogP contribution in [0.3, 0.4) is 0 Å². The predicted molar refractivity (Wildman–Crippen MR) is 21.3 cm³/mol. The molecule has 0 N–H and O–H groups in total. The van der Waals surface area contributed by atoms with Crippen LogP contribution in [0, 0.1) is 0 Å². The zero-order valence-corrected chi connectivity index (χ0v) is 5.74. The molecule has 0 saturated carbocycles. The van der Waals surface area contributed by atoms with E-state index in [4.69, 9.17) is 0 Å². The van der Waals surface area contributed by atoms with Crippen molar-refractivity contribution in [2.75, 3.05) is 0 Å². The van der Waals surface area contributed by atoms with Crippen molar-refractivity contribution in [3.63, 3.8) is 0 Å². The van der Waals surface area contributed by atoms with Gasteiger partial charge in [0.2, 0.25) is 0 Å². The second-order valence-electron chi connectivity index (χ2n) is 1.07. The van der Waals surface area contributed by atoms with E-state index in [1.807, 2.05) is 4.63 Å². The monoisotopic (exact) mass is 124 g/mol. The summed E-state index contributed by atoms with van der Waals surface area (Å²) in [5, 5.41) is 0. The standard InChI is InChI=1S/C3H2O.Ga.H/c1-2-3-4;;/h1-2H;;. The summed E-state index contributed by atoms with van der Waals surface area (Å²) >= 11 is -0.625. The molecule has 1 rings (SSSR count). The molecule has 0 spiro atoms. The van der Waals surface area contributed by atoms with Gasteiger partial charge in [-0.15, -0.1) is 0 Å². The first-order valence-corrected chi connectivity index (χ1v) is 4.78. The third-order valence-electron chi connectivity index (χ3n) is 0.623. The van der Waals surface area contributed by atoms with Crippen molar-refractivity contribution in [2.24, 2.45) is 0 Å². The Bertz CT molecular complexity index is 84.9. The molecule has 0 aromatic carbocycles. The van der Waals surface area contributed by atoms with Crippen LogP contribution in [0.15, 0.2) is 10.7 Å². The summed E-state index contributed by atoms with van der Waals surface area (Å²) in [5.41, 5.74) is 0. The molecule has 0 fully saturated rings. The van der Waals surface area contributed by atoms with Gasteiger partial charge in [0, 0.05) is 0 Å². The van der Waals surface area contributed by atoms with E-state index in [0.29, 0.717) is 4.34 Å². The van der Waals surface area contributed by atoms with Crippen molar-refractivity contribution in [1.82, 2.24) is 0 Å². The maximum atomic E-state index is 9.90. The SMILES string of the molecule is O=[C]1C=[CH][GaH]1. The number of hydrogen-bond acceptors (Lipinski definition) is 1. The van der Waals surface area contributed by atoms with E-state index in [-0.39, 0.29) is 0 Å². The number of carbonyl (C=O) groups is 1. The molecule has 1 aliphatic rings. The van der Waals surface area contributed by atoms with Gasteiger partial charge in [-0.3, -0.25) is 0 Å². The van der Waals surface area contributed by atoms with E-state index in [2.05, 4.69) is 0 Å². The van der Waals surface area contributed by atoms with Gasteiger partial charge in [-0.1, -0.05) is 0 Å². The maximum absolute atomic E-state index is 9.90. The summed E-state index contributed by atoms with van der Waals surface area (Å²) in [7, 11) is 0. The summed E-state index contributed by atoms with van der Waals surface area (Å²) in [6.45, 7) is 0. The van der Waals surface area contributed by atoms with E-state index in [1.54, 1.807) is 6.08 Å². The molecule has 1 heterocycles. The molecular formula is C3H3GaO. The van der Waals surface area contributed by atoms with Crippen LogP contribution >= 0.6 is 0 Å². The van der Waals surface area contributed by atoms with E-state index < -0.39 is 17.4 Å². The molecule has 0 aliphatic carbocycles. The predicted octanol–water partition coefficient (Wildman–Crippen LogP) is -0.523. The Morgan fingerprint density at radius 1 is 1.80 bits per heavy atom. The van der Waals surface area contributed by atoms with Crippen molar-refractivity contribution >= 4 is 21.7 Å². The Kier molecular flexibility index (Phi) is 0.667. The number of hydrogen-bond donors (Lipinski definition) is 0. The van der Waals surface area contributed by atoms with Crippen LogP contribution in [-0.4, -0.2) is 21.7 Å². The van der Waals surface area contributed by atoms with Gasteiger partial charge in [-0.2, -0.15) is 0 Å². The normalized spacial score (nSPS) is 17.2. The van der Waals surface area contributed by atoms with Gasteiger partial charge in [0.1, 0.15) is 0 Å². The topological polar surface area (TPSA) is 17.1 Å². The molecule has 0 amide bonds.